The lowest BCUT2D eigenvalue weighted by Crippen LogP contribution is -2.32. The number of aliphatic hydroxyl groups is 1. The number of pyridine rings is 1. The van der Waals surface area contributed by atoms with Crippen molar-refractivity contribution in [1.82, 2.24) is 4.57 Å². The molecule has 0 saturated heterocycles. The number of fused-ring (bicyclic) bond motifs is 1. The van der Waals surface area contributed by atoms with E-state index in [1.165, 1.54) is 16.7 Å². The van der Waals surface area contributed by atoms with Crippen LogP contribution < -0.4 is 10.9 Å². The summed E-state index contributed by atoms with van der Waals surface area (Å²) in [4.78, 5) is 25.3. The van der Waals surface area contributed by atoms with E-state index < -0.39 is 5.60 Å². The number of carbonyl (C=O) groups is 1. The fourth-order valence-electron chi connectivity index (χ4n) is 2.85. The summed E-state index contributed by atoms with van der Waals surface area (Å²) in [5.41, 5.74) is -0.438. The van der Waals surface area contributed by atoms with E-state index in [9.17, 15) is 14.7 Å². The van der Waals surface area contributed by atoms with Crippen molar-refractivity contribution in [3.05, 3.63) is 74.6 Å². The number of nitrogens with one attached hydrogen (secondary N) is 1. The predicted octanol–water partition coefficient (Wildman–Crippen LogP) is 4.33. The molecule has 0 radical (unpaired) electrons. The van der Waals surface area contributed by atoms with Gasteiger partial charge in [0, 0.05) is 38.3 Å². The maximum Gasteiger partial charge on any atom is 0.258 e. The average Bonchev–Trinajstić information content (AvgIpc) is 2.56. The Morgan fingerprint density at radius 2 is 1.78 bits per heavy atom. The van der Waals surface area contributed by atoms with Gasteiger partial charge in [-0.25, -0.2) is 0 Å². The van der Waals surface area contributed by atoms with E-state index in [1.54, 1.807) is 50.4 Å². The zero-order valence-corrected chi connectivity index (χ0v) is 16.3. The Bertz CT molecular complexity index is 1060. The molecule has 0 fully saturated rings. The third-order valence-corrected chi connectivity index (χ3v) is 4.39. The maximum absolute atomic E-state index is 12.7. The van der Waals surface area contributed by atoms with Crippen molar-refractivity contribution in [1.29, 1.82) is 0 Å². The first-order valence-electron chi connectivity index (χ1n) is 8.26. The van der Waals surface area contributed by atoms with Crippen LogP contribution in [0.5, 0.6) is 0 Å². The first-order valence-corrected chi connectivity index (χ1v) is 9.02. The van der Waals surface area contributed by atoms with Crippen molar-refractivity contribution >= 4 is 45.6 Å². The Labute approximate surface area is 166 Å². The lowest BCUT2D eigenvalue weighted by molar-refractivity contribution is 0.0606. The molecule has 140 valence electrons. The third kappa shape index (κ3) is 4.50. The van der Waals surface area contributed by atoms with Crippen molar-refractivity contribution < 1.29 is 9.90 Å². The van der Waals surface area contributed by atoms with Gasteiger partial charge < -0.3 is 15.0 Å². The van der Waals surface area contributed by atoms with E-state index in [0.29, 0.717) is 32.1 Å². The molecule has 0 aliphatic carbocycles. The third-order valence-electron chi connectivity index (χ3n) is 3.95. The average molecular weight is 405 g/mol. The molecule has 0 bridgehead atoms. The summed E-state index contributed by atoms with van der Waals surface area (Å²) in [5, 5.41) is 14.5. The molecule has 5 nitrogen and oxygen atoms in total. The summed E-state index contributed by atoms with van der Waals surface area (Å²) in [6.07, 6.45) is 1.61. The predicted molar refractivity (Wildman–Crippen MR) is 109 cm³/mol. The van der Waals surface area contributed by atoms with Gasteiger partial charge in [0.1, 0.15) is 0 Å². The van der Waals surface area contributed by atoms with Crippen LogP contribution in [0.25, 0.3) is 10.8 Å². The summed E-state index contributed by atoms with van der Waals surface area (Å²) in [5.74, 6) is -0.382. The molecule has 0 spiro atoms. The molecule has 1 heterocycles. The molecule has 3 rings (SSSR count). The number of halogens is 2. The number of nitrogens with zero attached hydrogens (tertiary/aromatic N) is 1. The molecule has 27 heavy (non-hydrogen) atoms. The summed E-state index contributed by atoms with van der Waals surface area (Å²) >= 11 is 11.9. The van der Waals surface area contributed by atoms with Crippen LogP contribution >= 0.6 is 23.2 Å². The number of hydrogen-bond acceptors (Lipinski definition) is 3. The van der Waals surface area contributed by atoms with Crippen molar-refractivity contribution in [2.24, 2.45) is 0 Å². The molecule has 1 amide bonds. The number of carbonyl (C=O) groups excluding carboxylic acids is 1. The van der Waals surface area contributed by atoms with Gasteiger partial charge in [-0.3, -0.25) is 9.59 Å². The van der Waals surface area contributed by atoms with Gasteiger partial charge in [-0.15, -0.1) is 0 Å². The molecular weight excluding hydrogens is 387 g/mol. The lowest BCUT2D eigenvalue weighted by Gasteiger charge is -2.19. The van der Waals surface area contributed by atoms with E-state index >= 15 is 0 Å². The Hall–Kier alpha value is -2.34. The van der Waals surface area contributed by atoms with Crippen LogP contribution in [0.3, 0.4) is 0 Å². The number of hydrogen-bond donors (Lipinski definition) is 2. The second kappa shape index (κ2) is 7.35. The molecule has 1 aromatic heterocycles. The molecule has 0 aliphatic heterocycles. The van der Waals surface area contributed by atoms with Gasteiger partial charge >= 0.3 is 0 Å². The fourth-order valence-corrected chi connectivity index (χ4v) is 3.37. The second-order valence-corrected chi connectivity index (χ2v) is 7.81. The van der Waals surface area contributed by atoms with Crippen LogP contribution in [-0.2, 0) is 6.54 Å². The van der Waals surface area contributed by atoms with Crippen LogP contribution in [-0.4, -0.2) is 21.2 Å². The van der Waals surface area contributed by atoms with Crippen LogP contribution in [0.4, 0.5) is 5.69 Å². The van der Waals surface area contributed by atoms with Gasteiger partial charge in [0.05, 0.1) is 12.1 Å². The molecule has 3 aromatic rings. The minimum atomic E-state index is -1.02. The van der Waals surface area contributed by atoms with Gasteiger partial charge in [0.25, 0.3) is 11.5 Å². The smallest absolute Gasteiger partial charge is 0.258 e. The number of rotatable bonds is 4. The Balaban J connectivity index is 1.99. The van der Waals surface area contributed by atoms with E-state index in [-0.39, 0.29) is 18.0 Å². The minimum Gasteiger partial charge on any atom is -0.389 e. The summed E-state index contributed by atoms with van der Waals surface area (Å²) in [6.45, 7) is 3.44. The van der Waals surface area contributed by atoms with Gasteiger partial charge in [-0.2, -0.15) is 0 Å². The van der Waals surface area contributed by atoms with Crippen LogP contribution in [0.1, 0.15) is 24.2 Å². The molecule has 0 saturated carbocycles. The van der Waals surface area contributed by atoms with E-state index in [1.807, 2.05) is 0 Å². The molecule has 0 aliphatic rings. The van der Waals surface area contributed by atoms with Crippen molar-refractivity contribution in [2.45, 2.75) is 26.0 Å². The standard InChI is InChI=1S/C20H18Cl2N2O3/c1-20(2,27)11-24-7-6-15-16(19(24)26)4-3-5-17(15)23-18(25)12-8-13(21)10-14(22)9-12/h3-10,27H,11H2,1-2H3,(H,23,25). The lowest BCUT2D eigenvalue weighted by atomic mass is 10.1. The molecular formula is C20H18Cl2N2O3. The quantitative estimate of drug-likeness (QED) is 0.679. The molecule has 2 N–H and O–H groups in total. The number of benzene rings is 2. The highest BCUT2D eigenvalue weighted by Crippen LogP contribution is 2.24. The summed E-state index contributed by atoms with van der Waals surface area (Å²) in [6, 6.07) is 11.4. The maximum atomic E-state index is 12.7. The monoisotopic (exact) mass is 404 g/mol. The molecule has 0 atom stereocenters. The zero-order valence-electron chi connectivity index (χ0n) is 14.8. The minimum absolute atomic E-state index is 0.166. The highest BCUT2D eigenvalue weighted by molar-refractivity contribution is 6.35. The van der Waals surface area contributed by atoms with Crippen molar-refractivity contribution in [3.63, 3.8) is 0 Å². The largest absolute Gasteiger partial charge is 0.389 e. The van der Waals surface area contributed by atoms with Gasteiger partial charge in [-0.1, -0.05) is 29.3 Å². The van der Waals surface area contributed by atoms with Crippen LogP contribution in [0, 0.1) is 0 Å². The highest BCUT2D eigenvalue weighted by atomic mass is 35.5. The number of amides is 1. The Kier molecular flexibility index (Phi) is 5.29. The SMILES string of the molecule is CC(C)(O)Cn1ccc2c(NC(=O)c3cc(Cl)cc(Cl)c3)cccc2c1=O. The fraction of sp³-hybridized carbons (Fsp3) is 0.200. The van der Waals surface area contributed by atoms with E-state index in [2.05, 4.69) is 5.32 Å². The van der Waals surface area contributed by atoms with E-state index in [4.69, 9.17) is 23.2 Å². The van der Waals surface area contributed by atoms with Gasteiger partial charge in [-0.05, 0) is 50.2 Å². The van der Waals surface area contributed by atoms with Gasteiger partial charge in [0.15, 0.2) is 0 Å². The zero-order chi connectivity index (χ0) is 19.8. The normalized spacial score (nSPS) is 11.6. The summed E-state index contributed by atoms with van der Waals surface area (Å²) < 4.78 is 1.45. The first-order chi connectivity index (χ1) is 12.6. The van der Waals surface area contributed by atoms with Crippen molar-refractivity contribution in [2.75, 3.05) is 5.32 Å². The summed E-state index contributed by atoms with van der Waals surface area (Å²) in [7, 11) is 0. The van der Waals surface area contributed by atoms with Crippen LogP contribution in [0.15, 0.2) is 53.5 Å². The van der Waals surface area contributed by atoms with Crippen LogP contribution in [0.2, 0.25) is 10.0 Å². The van der Waals surface area contributed by atoms with Gasteiger partial charge in [0.2, 0.25) is 0 Å². The highest BCUT2D eigenvalue weighted by Gasteiger charge is 2.16. The van der Waals surface area contributed by atoms with E-state index in [0.717, 1.165) is 0 Å². The second-order valence-electron chi connectivity index (χ2n) is 6.94. The first kappa shape index (κ1) is 19.4. The number of aromatic nitrogens is 1. The molecule has 7 heteroatoms. The molecule has 0 unspecified atom stereocenters. The Morgan fingerprint density at radius 1 is 1.11 bits per heavy atom. The Morgan fingerprint density at radius 3 is 2.41 bits per heavy atom. The van der Waals surface area contributed by atoms with Crippen molar-refractivity contribution in [3.8, 4) is 0 Å². The molecule has 2 aromatic carbocycles. The number of anilines is 1. The topological polar surface area (TPSA) is 71.3 Å².